The minimum Gasteiger partial charge on any atom is -0.294 e. The normalized spacial score (nSPS) is 14.3. The molecule has 1 aromatic heterocycles. The first kappa shape index (κ1) is 11.1. The summed E-state index contributed by atoms with van der Waals surface area (Å²) in [4.78, 5) is 16.4. The fraction of sp³-hybridized carbons (Fsp3) is 0.250. The maximum absolute atomic E-state index is 11.7. The van der Waals surface area contributed by atoms with E-state index in [1.165, 1.54) is 5.56 Å². The Bertz CT molecular complexity index is 575. The Morgan fingerprint density at radius 2 is 1.83 bits per heavy atom. The Morgan fingerprint density at radius 1 is 1.00 bits per heavy atom. The Labute approximate surface area is 107 Å². The van der Waals surface area contributed by atoms with E-state index < -0.39 is 0 Å². The molecule has 2 heteroatoms. The maximum Gasteiger partial charge on any atom is 0.164 e. The number of rotatable bonds is 2. The van der Waals surface area contributed by atoms with Crippen LogP contribution in [0.5, 0.6) is 0 Å². The molecule has 0 atom stereocenters. The quantitative estimate of drug-likeness (QED) is 0.803. The molecule has 18 heavy (non-hydrogen) atoms. The van der Waals surface area contributed by atoms with E-state index in [9.17, 15) is 4.79 Å². The SMILES string of the molecule is O=C1CCCc2nc(Cc3ccccc3)ccc21. The van der Waals surface area contributed by atoms with Gasteiger partial charge in [0.1, 0.15) is 0 Å². The minimum absolute atomic E-state index is 0.245. The van der Waals surface area contributed by atoms with Gasteiger partial charge in [-0.3, -0.25) is 9.78 Å². The minimum atomic E-state index is 0.245. The predicted molar refractivity (Wildman–Crippen MR) is 70.8 cm³/mol. The first-order chi connectivity index (χ1) is 8.83. The van der Waals surface area contributed by atoms with E-state index >= 15 is 0 Å². The van der Waals surface area contributed by atoms with Gasteiger partial charge in [-0.15, -0.1) is 0 Å². The van der Waals surface area contributed by atoms with Crippen LogP contribution in [0.2, 0.25) is 0 Å². The first-order valence-electron chi connectivity index (χ1n) is 6.39. The van der Waals surface area contributed by atoms with Crippen LogP contribution in [0, 0.1) is 0 Å². The number of benzene rings is 1. The van der Waals surface area contributed by atoms with Crippen LogP contribution < -0.4 is 0 Å². The zero-order valence-electron chi connectivity index (χ0n) is 10.2. The van der Waals surface area contributed by atoms with E-state index in [-0.39, 0.29) is 5.78 Å². The third kappa shape index (κ3) is 2.19. The molecule has 0 bridgehead atoms. The number of Topliss-reactive ketones (excluding diaryl/α,β-unsaturated/α-hetero) is 1. The van der Waals surface area contributed by atoms with Crippen molar-refractivity contribution < 1.29 is 4.79 Å². The second-order valence-electron chi connectivity index (χ2n) is 4.74. The molecular formula is C16H15NO. The molecule has 1 heterocycles. The predicted octanol–water partition coefficient (Wildman–Crippen LogP) is 3.19. The van der Waals surface area contributed by atoms with Gasteiger partial charge in [0.15, 0.2) is 5.78 Å². The van der Waals surface area contributed by atoms with Crippen molar-refractivity contribution in [3.05, 3.63) is 65.0 Å². The van der Waals surface area contributed by atoms with Gasteiger partial charge < -0.3 is 0 Å². The van der Waals surface area contributed by atoms with Gasteiger partial charge in [0.05, 0.1) is 5.69 Å². The molecular weight excluding hydrogens is 222 g/mol. The molecule has 90 valence electrons. The summed E-state index contributed by atoms with van der Waals surface area (Å²) in [7, 11) is 0. The lowest BCUT2D eigenvalue weighted by molar-refractivity contribution is 0.0971. The van der Waals surface area contributed by atoms with Crippen LogP contribution in [0.25, 0.3) is 0 Å². The molecule has 0 radical (unpaired) electrons. The van der Waals surface area contributed by atoms with Gasteiger partial charge in [0, 0.05) is 24.1 Å². The number of fused-ring (bicyclic) bond motifs is 1. The summed E-state index contributed by atoms with van der Waals surface area (Å²) >= 11 is 0. The number of carbonyl (C=O) groups is 1. The Morgan fingerprint density at radius 3 is 2.67 bits per heavy atom. The first-order valence-corrected chi connectivity index (χ1v) is 6.39. The van der Waals surface area contributed by atoms with Crippen molar-refractivity contribution in [1.29, 1.82) is 0 Å². The van der Waals surface area contributed by atoms with E-state index in [0.717, 1.165) is 36.2 Å². The average molecular weight is 237 g/mol. The highest BCUT2D eigenvalue weighted by atomic mass is 16.1. The number of pyridine rings is 1. The number of aryl methyl sites for hydroxylation is 1. The Balaban J connectivity index is 1.89. The molecule has 0 aliphatic heterocycles. The number of hydrogen-bond donors (Lipinski definition) is 0. The summed E-state index contributed by atoms with van der Waals surface area (Å²) < 4.78 is 0. The fourth-order valence-electron chi connectivity index (χ4n) is 2.45. The van der Waals surface area contributed by atoms with Crippen molar-refractivity contribution in [2.24, 2.45) is 0 Å². The molecule has 0 unspecified atom stereocenters. The number of ketones is 1. The second kappa shape index (κ2) is 4.73. The lowest BCUT2D eigenvalue weighted by atomic mass is 9.94. The van der Waals surface area contributed by atoms with Crippen LogP contribution in [-0.4, -0.2) is 10.8 Å². The molecule has 1 aromatic carbocycles. The third-order valence-corrected chi connectivity index (χ3v) is 3.38. The van der Waals surface area contributed by atoms with Gasteiger partial charge in [-0.05, 0) is 30.5 Å². The number of carbonyl (C=O) groups excluding carboxylic acids is 1. The summed E-state index contributed by atoms with van der Waals surface area (Å²) in [5.41, 5.74) is 4.12. The van der Waals surface area contributed by atoms with Crippen molar-refractivity contribution >= 4 is 5.78 Å². The molecule has 0 amide bonds. The number of aromatic nitrogens is 1. The highest BCUT2D eigenvalue weighted by molar-refractivity contribution is 5.97. The molecule has 0 fully saturated rings. The van der Waals surface area contributed by atoms with Gasteiger partial charge in [-0.2, -0.15) is 0 Å². The maximum atomic E-state index is 11.7. The highest BCUT2D eigenvalue weighted by Gasteiger charge is 2.18. The molecule has 3 rings (SSSR count). The topological polar surface area (TPSA) is 30.0 Å². The molecule has 2 nitrogen and oxygen atoms in total. The van der Waals surface area contributed by atoms with Crippen LogP contribution in [0.15, 0.2) is 42.5 Å². The summed E-state index contributed by atoms with van der Waals surface area (Å²) in [6.45, 7) is 0. The van der Waals surface area contributed by atoms with Crippen molar-refractivity contribution in [1.82, 2.24) is 4.98 Å². The standard InChI is InChI=1S/C16H15NO/c18-16-8-4-7-15-14(16)10-9-13(17-15)11-12-5-2-1-3-6-12/h1-3,5-6,9-10H,4,7-8,11H2. The van der Waals surface area contributed by atoms with Gasteiger partial charge in [0.2, 0.25) is 0 Å². The summed E-state index contributed by atoms with van der Waals surface area (Å²) in [6.07, 6.45) is 3.38. The summed E-state index contributed by atoms with van der Waals surface area (Å²) in [6, 6.07) is 14.2. The highest BCUT2D eigenvalue weighted by Crippen LogP contribution is 2.20. The zero-order chi connectivity index (χ0) is 12.4. The van der Waals surface area contributed by atoms with Crippen LogP contribution in [0.4, 0.5) is 0 Å². The van der Waals surface area contributed by atoms with Gasteiger partial charge in [0.25, 0.3) is 0 Å². The molecule has 0 saturated carbocycles. The smallest absolute Gasteiger partial charge is 0.164 e. The van der Waals surface area contributed by atoms with Crippen LogP contribution in [0.1, 0.15) is 40.2 Å². The van der Waals surface area contributed by atoms with Crippen LogP contribution >= 0.6 is 0 Å². The van der Waals surface area contributed by atoms with Crippen molar-refractivity contribution in [3.63, 3.8) is 0 Å². The van der Waals surface area contributed by atoms with Crippen molar-refractivity contribution in [2.45, 2.75) is 25.7 Å². The Hall–Kier alpha value is -1.96. The van der Waals surface area contributed by atoms with Crippen LogP contribution in [-0.2, 0) is 12.8 Å². The van der Waals surface area contributed by atoms with E-state index in [0.29, 0.717) is 6.42 Å². The van der Waals surface area contributed by atoms with Gasteiger partial charge in [-0.1, -0.05) is 30.3 Å². The molecule has 0 saturated heterocycles. The zero-order valence-corrected chi connectivity index (χ0v) is 10.2. The lowest BCUT2D eigenvalue weighted by Gasteiger charge is -2.14. The Kier molecular flexibility index (Phi) is 2.93. The van der Waals surface area contributed by atoms with Crippen LogP contribution in [0.3, 0.4) is 0 Å². The van der Waals surface area contributed by atoms with Gasteiger partial charge in [-0.25, -0.2) is 0 Å². The van der Waals surface area contributed by atoms with E-state index in [4.69, 9.17) is 0 Å². The van der Waals surface area contributed by atoms with Crippen molar-refractivity contribution in [3.8, 4) is 0 Å². The van der Waals surface area contributed by atoms with E-state index in [1.807, 2.05) is 30.3 Å². The lowest BCUT2D eigenvalue weighted by Crippen LogP contribution is -2.13. The monoisotopic (exact) mass is 237 g/mol. The number of nitrogens with zero attached hydrogens (tertiary/aromatic N) is 1. The second-order valence-corrected chi connectivity index (χ2v) is 4.74. The molecule has 0 spiro atoms. The summed E-state index contributed by atoms with van der Waals surface area (Å²) in [5, 5.41) is 0. The third-order valence-electron chi connectivity index (χ3n) is 3.38. The molecule has 1 aliphatic carbocycles. The molecule has 0 N–H and O–H groups in total. The largest absolute Gasteiger partial charge is 0.294 e. The van der Waals surface area contributed by atoms with E-state index in [1.54, 1.807) is 0 Å². The number of hydrogen-bond acceptors (Lipinski definition) is 2. The van der Waals surface area contributed by atoms with Crippen molar-refractivity contribution in [2.75, 3.05) is 0 Å². The van der Waals surface area contributed by atoms with E-state index in [2.05, 4.69) is 17.1 Å². The van der Waals surface area contributed by atoms with Gasteiger partial charge >= 0.3 is 0 Å². The molecule has 2 aromatic rings. The fourth-order valence-corrected chi connectivity index (χ4v) is 2.45. The summed E-state index contributed by atoms with van der Waals surface area (Å²) in [5.74, 6) is 0.245. The average Bonchev–Trinajstić information content (AvgIpc) is 2.40. The molecule has 1 aliphatic rings.